The standard InChI is InChI=1S/C20H22BrNO2/c1-2-24-19(23)20(17-9-6-10-18(21)13-17)11-12-22(15-20)14-16-7-4-3-5-8-16/h3-10,13H,2,11-12,14-15H2,1H3. The van der Waals surface area contributed by atoms with E-state index in [4.69, 9.17) is 4.74 Å². The molecule has 3 rings (SSSR count). The molecule has 1 heterocycles. The smallest absolute Gasteiger partial charge is 0.317 e. The molecule has 0 amide bonds. The lowest BCUT2D eigenvalue weighted by Gasteiger charge is -2.28. The predicted octanol–water partition coefficient (Wildman–Crippen LogP) is 4.16. The molecule has 1 unspecified atom stereocenters. The Bertz CT molecular complexity index is 704. The molecular formula is C20H22BrNO2. The second kappa shape index (κ2) is 7.49. The molecule has 1 aliphatic heterocycles. The molecule has 0 aromatic heterocycles. The van der Waals surface area contributed by atoms with Crippen molar-refractivity contribution in [2.24, 2.45) is 0 Å². The van der Waals surface area contributed by atoms with E-state index in [2.05, 4.69) is 45.1 Å². The lowest BCUT2D eigenvalue weighted by atomic mass is 9.79. The van der Waals surface area contributed by atoms with E-state index in [9.17, 15) is 4.79 Å². The minimum Gasteiger partial charge on any atom is -0.465 e. The Labute approximate surface area is 151 Å². The fraction of sp³-hybridized carbons (Fsp3) is 0.350. The zero-order chi connectivity index (χ0) is 17.0. The first-order valence-electron chi connectivity index (χ1n) is 8.33. The third-order valence-corrected chi connectivity index (χ3v) is 5.13. The Morgan fingerprint density at radius 1 is 1.21 bits per heavy atom. The third kappa shape index (κ3) is 3.55. The van der Waals surface area contributed by atoms with Crippen LogP contribution in [0.4, 0.5) is 0 Å². The second-order valence-electron chi connectivity index (χ2n) is 6.26. The van der Waals surface area contributed by atoms with Gasteiger partial charge in [0.2, 0.25) is 0 Å². The molecule has 4 heteroatoms. The molecule has 3 nitrogen and oxygen atoms in total. The van der Waals surface area contributed by atoms with Gasteiger partial charge in [-0.15, -0.1) is 0 Å². The number of rotatable bonds is 5. The number of hydrogen-bond donors (Lipinski definition) is 0. The van der Waals surface area contributed by atoms with Crippen molar-refractivity contribution in [3.63, 3.8) is 0 Å². The molecule has 1 fully saturated rings. The molecule has 2 aromatic rings. The number of nitrogens with zero attached hydrogens (tertiary/aromatic N) is 1. The number of ether oxygens (including phenoxy) is 1. The van der Waals surface area contributed by atoms with E-state index < -0.39 is 5.41 Å². The summed E-state index contributed by atoms with van der Waals surface area (Å²) in [5.41, 5.74) is 1.73. The van der Waals surface area contributed by atoms with Gasteiger partial charge in [-0.05, 0) is 36.6 Å². The molecule has 0 bridgehead atoms. The lowest BCUT2D eigenvalue weighted by molar-refractivity contribution is -0.149. The van der Waals surface area contributed by atoms with Crippen LogP contribution in [0.2, 0.25) is 0 Å². The second-order valence-corrected chi connectivity index (χ2v) is 7.17. The summed E-state index contributed by atoms with van der Waals surface area (Å²) in [4.78, 5) is 15.2. The van der Waals surface area contributed by atoms with Gasteiger partial charge in [-0.2, -0.15) is 0 Å². The topological polar surface area (TPSA) is 29.5 Å². The molecular weight excluding hydrogens is 366 g/mol. The van der Waals surface area contributed by atoms with Crippen LogP contribution in [0, 0.1) is 0 Å². The minimum absolute atomic E-state index is 0.112. The molecule has 0 radical (unpaired) electrons. The Morgan fingerprint density at radius 3 is 2.71 bits per heavy atom. The summed E-state index contributed by atoms with van der Waals surface area (Å²) in [6.45, 7) is 4.71. The van der Waals surface area contributed by atoms with Crippen LogP contribution in [0.3, 0.4) is 0 Å². The molecule has 0 saturated carbocycles. The average molecular weight is 388 g/mol. The maximum absolute atomic E-state index is 12.8. The highest BCUT2D eigenvalue weighted by molar-refractivity contribution is 9.10. The molecule has 1 atom stereocenters. The van der Waals surface area contributed by atoms with Gasteiger partial charge < -0.3 is 4.74 Å². The number of hydrogen-bond acceptors (Lipinski definition) is 3. The Hall–Kier alpha value is -1.65. The SMILES string of the molecule is CCOC(=O)C1(c2cccc(Br)c2)CCN(Cc2ccccc2)C1. The fourth-order valence-electron chi connectivity index (χ4n) is 3.44. The van der Waals surface area contributed by atoms with Crippen molar-refractivity contribution in [2.75, 3.05) is 19.7 Å². The van der Waals surface area contributed by atoms with Crippen molar-refractivity contribution < 1.29 is 9.53 Å². The molecule has 126 valence electrons. The number of carbonyl (C=O) groups excluding carboxylic acids is 1. The summed E-state index contributed by atoms with van der Waals surface area (Å²) in [5, 5.41) is 0. The number of carbonyl (C=O) groups is 1. The van der Waals surface area contributed by atoms with Gasteiger partial charge in [0.1, 0.15) is 5.41 Å². The molecule has 0 aliphatic carbocycles. The van der Waals surface area contributed by atoms with Crippen LogP contribution in [0.25, 0.3) is 0 Å². The molecule has 24 heavy (non-hydrogen) atoms. The first kappa shape index (κ1) is 17.2. The fourth-order valence-corrected chi connectivity index (χ4v) is 3.84. The van der Waals surface area contributed by atoms with Crippen molar-refractivity contribution in [2.45, 2.75) is 25.3 Å². The summed E-state index contributed by atoms with van der Waals surface area (Å²) < 4.78 is 6.43. The summed E-state index contributed by atoms with van der Waals surface area (Å²) in [7, 11) is 0. The number of benzene rings is 2. The summed E-state index contributed by atoms with van der Waals surface area (Å²) in [5.74, 6) is -0.112. The summed E-state index contributed by atoms with van der Waals surface area (Å²) >= 11 is 3.52. The van der Waals surface area contributed by atoms with E-state index in [1.54, 1.807) is 0 Å². The lowest BCUT2D eigenvalue weighted by Crippen LogP contribution is -2.40. The molecule has 1 saturated heterocycles. The summed E-state index contributed by atoms with van der Waals surface area (Å²) in [6, 6.07) is 18.4. The van der Waals surface area contributed by atoms with Gasteiger partial charge in [0.25, 0.3) is 0 Å². The van der Waals surface area contributed by atoms with Crippen LogP contribution < -0.4 is 0 Å². The zero-order valence-corrected chi connectivity index (χ0v) is 15.5. The monoisotopic (exact) mass is 387 g/mol. The highest BCUT2D eigenvalue weighted by atomic mass is 79.9. The van der Waals surface area contributed by atoms with Crippen LogP contribution in [-0.2, 0) is 21.5 Å². The molecule has 0 spiro atoms. The van der Waals surface area contributed by atoms with E-state index in [0.717, 1.165) is 29.5 Å². The predicted molar refractivity (Wildman–Crippen MR) is 98.8 cm³/mol. The van der Waals surface area contributed by atoms with Crippen molar-refractivity contribution >= 4 is 21.9 Å². The van der Waals surface area contributed by atoms with Crippen molar-refractivity contribution in [3.8, 4) is 0 Å². The van der Waals surface area contributed by atoms with E-state index >= 15 is 0 Å². The highest BCUT2D eigenvalue weighted by Gasteiger charge is 2.47. The number of likely N-dealkylation sites (tertiary alicyclic amines) is 1. The van der Waals surface area contributed by atoms with Gasteiger partial charge in [-0.1, -0.05) is 58.4 Å². The van der Waals surface area contributed by atoms with Crippen LogP contribution >= 0.6 is 15.9 Å². The van der Waals surface area contributed by atoms with Crippen LogP contribution in [0.1, 0.15) is 24.5 Å². The Balaban J connectivity index is 1.86. The first-order valence-corrected chi connectivity index (χ1v) is 9.13. The van der Waals surface area contributed by atoms with Gasteiger partial charge in [-0.25, -0.2) is 0 Å². The first-order chi connectivity index (χ1) is 11.6. The van der Waals surface area contributed by atoms with Gasteiger partial charge in [-0.3, -0.25) is 9.69 Å². The molecule has 2 aromatic carbocycles. The average Bonchev–Trinajstić information content (AvgIpc) is 3.01. The van der Waals surface area contributed by atoms with Crippen LogP contribution in [0.5, 0.6) is 0 Å². The summed E-state index contributed by atoms with van der Waals surface area (Å²) in [6.07, 6.45) is 0.787. The van der Waals surface area contributed by atoms with Gasteiger partial charge >= 0.3 is 5.97 Å². The number of halogens is 1. The highest BCUT2D eigenvalue weighted by Crippen LogP contribution is 2.37. The maximum Gasteiger partial charge on any atom is 0.317 e. The minimum atomic E-state index is -0.575. The van der Waals surface area contributed by atoms with Crippen molar-refractivity contribution in [1.82, 2.24) is 4.90 Å². The molecule has 1 aliphatic rings. The Morgan fingerprint density at radius 2 is 2.00 bits per heavy atom. The van der Waals surface area contributed by atoms with Gasteiger partial charge in [0.15, 0.2) is 0 Å². The van der Waals surface area contributed by atoms with E-state index in [-0.39, 0.29) is 5.97 Å². The van der Waals surface area contributed by atoms with Gasteiger partial charge in [0.05, 0.1) is 6.61 Å². The normalized spacial score (nSPS) is 20.9. The largest absolute Gasteiger partial charge is 0.465 e. The van der Waals surface area contributed by atoms with E-state index in [1.165, 1.54) is 5.56 Å². The quantitative estimate of drug-likeness (QED) is 0.721. The van der Waals surface area contributed by atoms with Crippen LogP contribution in [0.15, 0.2) is 59.1 Å². The van der Waals surface area contributed by atoms with Crippen LogP contribution in [-0.4, -0.2) is 30.6 Å². The third-order valence-electron chi connectivity index (χ3n) is 4.64. The Kier molecular flexibility index (Phi) is 5.36. The van der Waals surface area contributed by atoms with Crippen molar-refractivity contribution in [3.05, 3.63) is 70.2 Å². The zero-order valence-electron chi connectivity index (χ0n) is 13.9. The van der Waals surface area contributed by atoms with E-state index in [0.29, 0.717) is 13.2 Å². The molecule has 0 N–H and O–H groups in total. The number of esters is 1. The maximum atomic E-state index is 12.8. The van der Waals surface area contributed by atoms with Crippen molar-refractivity contribution in [1.29, 1.82) is 0 Å². The van der Waals surface area contributed by atoms with Gasteiger partial charge in [0, 0.05) is 24.1 Å². The van der Waals surface area contributed by atoms with E-state index in [1.807, 2.05) is 37.3 Å².